The van der Waals surface area contributed by atoms with Crippen molar-refractivity contribution in [3.63, 3.8) is 0 Å². The van der Waals surface area contributed by atoms with Crippen molar-refractivity contribution < 1.29 is 0 Å². The molecule has 0 atom stereocenters. The highest BCUT2D eigenvalue weighted by Gasteiger charge is 2.39. The summed E-state index contributed by atoms with van der Waals surface area (Å²) in [6, 6.07) is 3.71. The molecule has 3 heteroatoms. The van der Waals surface area contributed by atoms with Crippen molar-refractivity contribution in [3.05, 3.63) is 22.9 Å². The molecule has 2 nitrogen and oxygen atoms in total. The van der Waals surface area contributed by atoms with E-state index in [1.165, 1.54) is 31.4 Å². The van der Waals surface area contributed by atoms with Gasteiger partial charge in [-0.25, -0.2) is 0 Å². The Morgan fingerprint density at radius 2 is 1.86 bits per heavy atom. The summed E-state index contributed by atoms with van der Waals surface area (Å²) in [5.74, 6) is 0. The van der Waals surface area contributed by atoms with Crippen LogP contribution in [0.4, 0.5) is 5.69 Å². The Balaban J connectivity index is 2.00. The largest absolute Gasteiger partial charge is 0.365 e. The third kappa shape index (κ3) is 1.18. The van der Waals surface area contributed by atoms with E-state index in [4.69, 9.17) is 0 Å². The first kappa shape index (κ1) is 8.72. The average molecular weight is 253 g/mol. The van der Waals surface area contributed by atoms with E-state index < -0.39 is 0 Å². The lowest BCUT2D eigenvalue weighted by Gasteiger charge is -2.25. The van der Waals surface area contributed by atoms with E-state index in [9.17, 15) is 0 Å². The van der Waals surface area contributed by atoms with Gasteiger partial charge in [0.15, 0.2) is 0 Å². The minimum atomic E-state index is 0.790. The van der Waals surface area contributed by atoms with Crippen molar-refractivity contribution in [2.24, 2.45) is 0 Å². The summed E-state index contributed by atoms with van der Waals surface area (Å²) < 4.78 is 1.14. The van der Waals surface area contributed by atoms with Crippen molar-refractivity contribution in [3.8, 4) is 0 Å². The molecule has 0 N–H and O–H groups in total. The van der Waals surface area contributed by atoms with Crippen LogP contribution in [0.5, 0.6) is 0 Å². The Morgan fingerprint density at radius 1 is 1.21 bits per heavy atom. The van der Waals surface area contributed by atoms with E-state index in [2.05, 4.69) is 31.9 Å². The van der Waals surface area contributed by atoms with Gasteiger partial charge in [-0.15, -0.1) is 0 Å². The molecule has 0 aromatic carbocycles. The van der Waals surface area contributed by atoms with E-state index in [-0.39, 0.29) is 0 Å². The predicted molar refractivity (Wildman–Crippen MR) is 60.5 cm³/mol. The van der Waals surface area contributed by atoms with Gasteiger partial charge in [-0.2, -0.15) is 0 Å². The Hall–Kier alpha value is -0.570. The van der Waals surface area contributed by atoms with E-state index in [0.29, 0.717) is 0 Å². The Bertz CT molecular complexity index is 333. The van der Waals surface area contributed by atoms with Crippen LogP contribution in [0, 0.1) is 0 Å². The van der Waals surface area contributed by atoms with Crippen molar-refractivity contribution in [1.29, 1.82) is 0 Å². The maximum atomic E-state index is 4.11. The summed E-state index contributed by atoms with van der Waals surface area (Å²) >= 11 is 3.58. The van der Waals surface area contributed by atoms with E-state index in [0.717, 1.165) is 16.6 Å². The molecule has 74 valence electrons. The molecular weight excluding hydrogens is 240 g/mol. The highest BCUT2D eigenvalue weighted by atomic mass is 79.9. The van der Waals surface area contributed by atoms with Gasteiger partial charge < -0.3 is 4.90 Å². The second-order valence-electron chi connectivity index (χ2n) is 4.20. The number of nitrogens with zero attached hydrogens (tertiary/aromatic N) is 2. The van der Waals surface area contributed by atoms with Crippen LogP contribution in [0.3, 0.4) is 0 Å². The summed E-state index contributed by atoms with van der Waals surface area (Å²) in [6.45, 7) is 0. The van der Waals surface area contributed by atoms with Crippen LogP contribution in [0.15, 0.2) is 22.9 Å². The molecule has 0 amide bonds. The highest BCUT2D eigenvalue weighted by Crippen LogP contribution is 2.42. The normalized spacial score (nSPS) is 29.9. The molecule has 1 aromatic rings. The van der Waals surface area contributed by atoms with Crippen LogP contribution in [0.1, 0.15) is 25.7 Å². The van der Waals surface area contributed by atoms with Crippen LogP contribution in [0.2, 0.25) is 0 Å². The maximum Gasteiger partial charge on any atom is 0.0592 e. The Labute approximate surface area is 92.5 Å². The summed E-state index contributed by atoms with van der Waals surface area (Å²) in [6.07, 6.45) is 9.28. The third-order valence-electron chi connectivity index (χ3n) is 3.48. The van der Waals surface area contributed by atoms with Gasteiger partial charge in [0.1, 0.15) is 0 Å². The van der Waals surface area contributed by atoms with Gasteiger partial charge in [-0.05, 0) is 47.7 Å². The van der Waals surface area contributed by atoms with Crippen LogP contribution in [-0.4, -0.2) is 17.1 Å². The molecular formula is C11H13BrN2. The van der Waals surface area contributed by atoms with Crippen molar-refractivity contribution >= 4 is 21.6 Å². The Kier molecular flexibility index (Phi) is 2.01. The van der Waals surface area contributed by atoms with E-state index in [1.807, 2.05) is 12.4 Å². The molecule has 0 unspecified atom stereocenters. The van der Waals surface area contributed by atoms with Crippen molar-refractivity contribution in [1.82, 2.24) is 4.98 Å². The first-order valence-corrected chi connectivity index (χ1v) is 6.03. The molecule has 14 heavy (non-hydrogen) atoms. The smallest absolute Gasteiger partial charge is 0.0592 e. The fourth-order valence-electron chi connectivity index (χ4n) is 2.88. The molecule has 2 fully saturated rings. The molecule has 1 aromatic heterocycles. The lowest BCUT2D eigenvalue weighted by Crippen LogP contribution is -2.28. The fourth-order valence-corrected chi connectivity index (χ4v) is 3.34. The second kappa shape index (κ2) is 3.23. The van der Waals surface area contributed by atoms with Gasteiger partial charge in [-0.1, -0.05) is 0 Å². The number of fused-ring (bicyclic) bond motifs is 2. The van der Waals surface area contributed by atoms with E-state index >= 15 is 0 Å². The highest BCUT2D eigenvalue weighted by molar-refractivity contribution is 9.10. The topological polar surface area (TPSA) is 16.1 Å². The lowest BCUT2D eigenvalue weighted by atomic mass is 10.0. The predicted octanol–water partition coefficient (Wildman–Crippen LogP) is 2.98. The quantitative estimate of drug-likeness (QED) is 0.764. The lowest BCUT2D eigenvalue weighted by molar-refractivity contribution is 0.576. The monoisotopic (exact) mass is 252 g/mol. The number of rotatable bonds is 1. The minimum Gasteiger partial charge on any atom is -0.365 e. The number of hydrogen-bond donors (Lipinski definition) is 0. The number of anilines is 1. The SMILES string of the molecule is Brc1cnccc1N1C2CCC1CC2. The van der Waals surface area contributed by atoms with Gasteiger partial charge in [0.2, 0.25) is 0 Å². The van der Waals surface area contributed by atoms with Crippen molar-refractivity contribution in [2.75, 3.05) is 4.90 Å². The van der Waals surface area contributed by atoms with Crippen LogP contribution in [0.25, 0.3) is 0 Å². The molecule has 2 saturated heterocycles. The molecule has 2 bridgehead atoms. The standard InChI is InChI=1S/C11H13BrN2/c12-10-7-13-6-5-11(10)14-8-1-2-9(14)4-3-8/h5-9H,1-4H2. The van der Waals surface area contributed by atoms with E-state index in [1.54, 1.807) is 0 Å². The maximum absolute atomic E-state index is 4.11. The first-order valence-electron chi connectivity index (χ1n) is 5.24. The minimum absolute atomic E-state index is 0.790. The number of hydrogen-bond acceptors (Lipinski definition) is 2. The van der Waals surface area contributed by atoms with Crippen LogP contribution in [-0.2, 0) is 0 Å². The molecule has 3 rings (SSSR count). The zero-order valence-corrected chi connectivity index (χ0v) is 9.57. The molecule has 2 aliphatic rings. The number of halogens is 1. The zero-order valence-electron chi connectivity index (χ0n) is 7.99. The summed E-state index contributed by atoms with van der Waals surface area (Å²) in [5.41, 5.74) is 1.34. The van der Waals surface area contributed by atoms with Gasteiger partial charge >= 0.3 is 0 Å². The molecule has 0 aliphatic carbocycles. The second-order valence-corrected chi connectivity index (χ2v) is 5.05. The molecule has 0 radical (unpaired) electrons. The van der Waals surface area contributed by atoms with Crippen LogP contribution >= 0.6 is 15.9 Å². The van der Waals surface area contributed by atoms with Gasteiger partial charge in [0.25, 0.3) is 0 Å². The molecule has 0 spiro atoms. The zero-order chi connectivity index (χ0) is 9.54. The van der Waals surface area contributed by atoms with Crippen molar-refractivity contribution in [2.45, 2.75) is 37.8 Å². The number of aromatic nitrogens is 1. The molecule has 2 aliphatic heterocycles. The molecule has 3 heterocycles. The summed E-state index contributed by atoms with van der Waals surface area (Å²) in [4.78, 5) is 6.70. The Morgan fingerprint density at radius 3 is 2.43 bits per heavy atom. The summed E-state index contributed by atoms with van der Waals surface area (Å²) in [5, 5.41) is 0. The fraction of sp³-hybridized carbons (Fsp3) is 0.545. The first-order chi connectivity index (χ1) is 6.86. The molecule has 0 saturated carbocycles. The van der Waals surface area contributed by atoms with Gasteiger partial charge in [-0.3, -0.25) is 4.98 Å². The average Bonchev–Trinajstić information content (AvgIpc) is 2.78. The third-order valence-corrected chi connectivity index (χ3v) is 4.09. The van der Waals surface area contributed by atoms with Gasteiger partial charge in [0, 0.05) is 24.5 Å². The number of pyridine rings is 1. The van der Waals surface area contributed by atoms with Crippen LogP contribution < -0.4 is 4.90 Å². The summed E-state index contributed by atoms with van der Waals surface area (Å²) in [7, 11) is 0. The van der Waals surface area contributed by atoms with Gasteiger partial charge in [0.05, 0.1) is 10.2 Å².